The van der Waals surface area contributed by atoms with Gasteiger partial charge < -0.3 is 14.8 Å². The summed E-state index contributed by atoms with van der Waals surface area (Å²) in [4.78, 5) is 10.4. The Morgan fingerprint density at radius 2 is 1.71 bits per heavy atom. The number of hydrogen-bond acceptors (Lipinski definition) is 5. The van der Waals surface area contributed by atoms with Crippen LogP contribution >= 0.6 is 11.6 Å². The average molecular weight is 441 g/mol. The zero-order chi connectivity index (χ0) is 22.2. The van der Waals surface area contributed by atoms with Crippen LogP contribution in [0.3, 0.4) is 0 Å². The lowest BCUT2D eigenvalue weighted by atomic mass is 10.1. The second kappa shape index (κ2) is 10.8. The van der Waals surface area contributed by atoms with Gasteiger partial charge in [0.25, 0.3) is 5.69 Å². The van der Waals surface area contributed by atoms with Gasteiger partial charge in [-0.15, -0.1) is 0 Å². The van der Waals surface area contributed by atoms with Crippen molar-refractivity contribution in [1.82, 2.24) is 5.32 Å². The van der Waals surface area contributed by atoms with Crippen LogP contribution in [0.15, 0.2) is 66.7 Å². The molecule has 1 unspecified atom stereocenters. The van der Waals surface area contributed by atoms with Crippen LogP contribution in [0.1, 0.15) is 36.6 Å². The Balaban J connectivity index is 1.69. The highest BCUT2D eigenvalue weighted by molar-refractivity contribution is 6.31. The molecule has 0 heterocycles. The number of nitrogens with one attached hydrogen (secondary N) is 1. The van der Waals surface area contributed by atoms with E-state index in [1.54, 1.807) is 18.2 Å². The summed E-state index contributed by atoms with van der Waals surface area (Å²) in [5.41, 5.74) is 2.97. The number of benzene rings is 3. The molecule has 0 fully saturated rings. The van der Waals surface area contributed by atoms with Crippen molar-refractivity contribution in [2.24, 2.45) is 0 Å². The van der Waals surface area contributed by atoms with Crippen LogP contribution in [0.4, 0.5) is 5.69 Å². The van der Waals surface area contributed by atoms with Crippen LogP contribution in [0.2, 0.25) is 5.02 Å². The average Bonchev–Trinajstić information content (AvgIpc) is 2.78. The largest absolute Gasteiger partial charge is 0.490 e. The fraction of sp³-hybridized carbons (Fsp3) is 0.250. The summed E-state index contributed by atoms with van der Waals surface area (Å²) in [7, 11) is 0. The minimum Gasteiger partial charge on any atom is -0.490 e. The molecule has 0 spiro atoms. The van der Waals surface area contributed by atoms with E-state index in [-0.39, 0.29) is 18.3 Å². The van der Waals surface area contributed by atoms with Crippen molar-refractivity contribution in [3.63, 3.8) is 0 Å². The van der Waals surface area contributed by atoms with Crippen molar-refractivity contribution in [2.45, 2.75) is 33.0 Å². The SMILES string of the molecule is CCOc1cc(CNC(C)c2ccccc2)c(Cl)cc1OCc1ccc([N+](=O)[O-])cc1. The van der Waals surface area contributed by atoms with Gasteiger partial charge in [-0.1, -0.05) is 41.9 Å². The van der Waals surface area contributed by atoms with E-state index in [0.29, 0.717) is 29.7 Å². The van der Waals surface area contributed by atoms with Crippen LogP contribution in [0.5, 0.6) is 11.5 Å². The van der Waals surface area contributed by atoms with Crippen LogP contribution in [0.25, 0.3) is 0 Å². The molecule has 0 amide bonds. The zero-order valence-corrected chi connectivity index (χ0v) is 18.3. The monoisotopic (exact) mass is 440 g/mol. The molecule has 0 saturated carbocycles. The van der Waals surface area contributed by atoms with E-state index in [2.05, 4.69) is 24.4 Å². The molecule has 1 N–H and O–H groups in total. The molecular weight excluding hydrogens is 416 g/mol. The molecule has 6 nitrogen and oxygen atoms in total. The summed E-state index contributed by atoms with van der Waals surface area (Å²) in [6.45, 7) is 5.33. The zero-order valence-electron chi connectivity index (χ0n) is 17.5. The number of nitrogens with zero attached hydrogens (tertiary/aromatic N) is 1. The van der Waals surface area contributed by atoms with E-state index in [1.807, 2.05) is 31.2 Å². The molecule has 0 aliphatic rings. The first-order valence-corrected chi connectivity index (χ1v) is 10.5. The molecule has 1 atom stereocenters. The number of hydrogen-bond donors (Lipinski definition) is 1. The highest BCUT2D eigenvalue weighted by Gasteiger charge is 2.13. The van der Waals surface area contributed by atoms with Gasteiger partial charge in [-0.2, -0.15) is 0 Å². The van der Waals surface area contributed by atoms with E-state index in [0.717, 1.165) is 11.1 Å². The predicted molar refractivity (Wildman–Crippen MR) is 122 cm³/mol. The molecule has 0 radical (unpaired) electrons. The Labute approximate surface area is 186 Å². The Hall–Kier alpha value is -3.09. The van der Waals surface area contributed by atoms with Crippen LogP contribution in [-0.4, -0.2) is 11.5 Å². The van der Waals surface area contributed by atoms with Crippen molar-refractivity contribution in [3.8, 4) is 11.5 Å². The van der Waals surface area contributed by atoms with Crippen molar-refractivity contribution < 1.29 is 14.4 Å². The number of rotatable bonds is 10. The minimum atomic E-state index is -0.428. The normalized spacial score (nSPS) is 11.7. The second-order valence-corrected chi connectivity index (χ2v) is 7.46. The molecule has 3 rings (SSSR count). The summed E-state index contributed by atoms with van der Waals surface area (Å²) in [6, 6.07) is 20.3. The smallest absolute Gasteiger partial charge is 0.269 e. The van der Waals surface area contributed by atoms with Crippen LogP contribution < -0.4 is 14.8 Å². The summed E-state index contributed by atoms with van der Waals surface area (Å²) >= 11 is 6.52. The summed E-state index contributed by atoms with van der Waals surface area (Å²) in [5.74, 6) is 1.14. The van der Waals surface area contributed by atoms with Crippen molar-refractivity contribution in [3.05, 3.63) is 98.6 Å². The minimum absolute atomic E-state index is 0.0448. The molecule has 162 valence electrons. The third-order valence-electron chi connectivity index (χ3n) is 4.85. The fourth-order valence-corrected chi connectivity index (χ4v) is 3.31. The van der Waals surface area contributed by atoms with Gasteiger partial charge in [0.15, 0.2) is 11.5 Å². The molecule has 3 aromatic carbocycles. The number of halogens is 1. The Bertz CT molecular complexity index is 1010. The first kappa shape index (κ1) is 22.6. The highest BCUT2D eigenvalue weighted by Crippen LogP contribution is 2.34. The van der Waals surface area contributed by atoms with Gasteiger partial charge in [0, 0.05) is 35.8 Å². The van der Waals surface area contributed by atoms with Crippen LogP contribution in [0, 0.1) is 10.1 Å². The predicted octanol–water partition coefficient (Wildman–Crippen LogP) is 6.08. The van der Waals surface area contributed by atoms with Crippen molar-refractivity contribution in [1.29, 1.82) is 0 Å². The number of nitro groups is 1. The van der Waals surface area contributed by atoms with Gasteiger partial charge in [0.2, 0.25) is 0 Å². The number of ether oxygens (including phenoxy) is 2. The lowest BCUT2D eigenvalue weighted by molar-refractivity contribution is -0.384. The third-order valence-corrected chi connectivity index (χ3v) is 5.20. The molecular formula is C24H25ClN2O4. The second-order valence-electron chi connectivity index (χ2n) is 7.05. The maximum atomic E-state index is 10.8. The number of nitro benzene ring substituents is 1. The Kier molecular flexibility index (Phi) is 7.87. The Morgan fingerprint density at radius 3 is 2.35 bits per heavy atom. The van der Waals surface area contributed by atoms with E-state index in [4.69, 9.17) is 21.1 Å². The molecule has 0 aromatic heterocycles. The maximum absolute atomic E-state index is 10.8. The van der Waals surface area contributed by atoms with Gasteiger partial charge in [-0.3, -0.25) is 10.1 Å². The third kappa shape index (κ3) is 6.20. The molecule has 0 aliphatic carbocycles. The molecule has 7 heteroatoms. The fourth-order valence-electron chi connectivity index (χ4n) is 3.09. The van der Waals surface area contributed by atoms with Gasteiger partial charge in [-0.25, -0.2) is 0 Å². The molecule has 0 aliphatic heterocycles. The van der Waals surface area contributed by atoms with Crippen molar-refractivity contribution in [2.75, 3.05) is 6.61 Å². The first-order chi connectivity index (χ1) is 15.0. The maximum Gasteiger partial charge on any atom is 0.269 e. The molecule has 3 aromatic rings. The van der Waals surface area contributed by atoms with E-state index in [1.165, 1.54) is 17.7 Å². The summed E-state index contributed by atoms with van der Waals surface area (Å²) < 4.78 is 11.7. The first-order valence-electron chi connectivity index (χ1n) is 10.1. The van der Waals surface area contributed by atoms with E-state index >= 15 is 0 Å². The lowest BCUT2D eigenvalue weighted by Gasteiger charge is -2.18. The van der Waals surface area contributed by atoms with Gasteiger partial charge in [0.1, 0.15) is 6.61 Å². The van der Waals surface area contributed by atoms with E-state index in [9.17, 15) is 10.1 Å². The molecule has 0 saturated heterocycles. The van der Waals surface area contributed by atoms with Crippen molar-refractivity contribution >= 4 is 17.3 Å². The molecule has 0 bridgehead atoms. The standard InChI is InChI=1S/C24H25ClN2O4/c1-3-30-23-13-20(15-26-17(2)19-7-5-4-6-8-19)22(25)14-24(23)31-16-18-9-11-21(12-10-18)27(28)29/h4-14,17,26H,3,15-16H2,1-2H3. The van der Waals surface area contributed by atoms with Gasteiger partial charge in [-0.05, 0) is 48.7 Å². The Morgan fingerprint density at radius 1 is 1.03 bits per heavy atom. The highest BCUT2D eigenvalue weighted by atomic mass is 35.5. The topological polar surface area (TPSA) is 73.6 Å². The lowest BCUT2D eigenvalue weighted by Crippen LogP contribution is -2.18. The quantitative estimate of drug-likeness (QED) is 0.305. The molecule has 31 heavy (non-hydrogen) atoms. The van der Waals surface area contributed by atoms with E-state index < -0.39 is 4.92 Å². The van der Waals surface area contributed by atoms with Gasteiger partial charge in [0.05, 0.1) is 11.5 Å². The summed E-state index contributed by atoms with van der Waals surface area (Å²) in [5, 5.41) is 14.9. The summed E-state index contributed by atoms with van der Waals surface area (Å²) in [6.07, 6.45) is 0. The van der Waals surface area contributed by atoms with Crippen LogP contribution in [-0.2, 0) is 13.2 Å². The number of non-ortho nitro benzene ring substituents is 1. The van der Waals surface area contributed by atoms with Gasteiger partial charge >= 0.3 is 0 Å².